The first-order valence-electron chi connectivity index (χ1n) is 12.5. The number of hydrogen-bond donors (Lipinski definition) is 0. The van der Waals surface area contributed by atoms with E-state index >= 15 is 0 Å². The van der Waals surface area contributed by atoms with Gasteiger partial charge in [0.1, 0.15) is 12.2 Å². The van der Waals surface area contributed by atoms with Gasteiger partial charge in [0.15, 0.2) is 17.3 Å². The van der Waals surface area contributed by atoms with Crippen molar-refractivity contribution in [3.63, 3.8) is 0 Å². The first kappa shape index (κ1) is 24.2. The molecular formula is C32H25N3O4. The molecule has 0 spiro atoms. The number of para-hydroxylation sites is 2. The average molecular weight is 516 g/mol. The zero-order chi connectivity index (χ0) is 26.8. The minimum Gasteiger partial charge on any atom is -0.493 e. The van der Waals surface area contributed by atoms with Crippen molar-refractivity contribution in [2.75, 3.05) is 7.11 Å². The molecule has 7 heteroatoms. The summed E-state index contributed by atoms with van der Waals surface area (Å²) in [6.07, 6.45) is 1.59. The van der Waals surface area contributed by atoms with Crippen molar-refractivity contribution in [2.45, 2.75) is 13.5 Å². The van der Waals surface area contributed by atoms with E-state index in [1.807, 2.05) is 79.7 Å². The van der Waals surface area contributed by atoms with E-state index in [0.717, 1.165) is 16.5 Å². The molecule has 0 radical (unpaired) electrons. The normalized spacial score (nSPS) is 11.4. The second-order valence-corrected chi connectivity index (χ2v) is 9.15. The number of fused-ring (bicyclic) bond motifs is 2. The fourth-order valence-corrected chi connectivity index (χ4v) is 4.45. The van der Waals surface area contributed by atoms with Gasteiger partial charge in [-0.3, -0.25) is 4.79 Å². The number of methoxy groups -OCH3 is 1. The molecule has 0 unspecified atom stereocenters. The first-order chi connectivity index (χ1) is 19.1. The Bertz CT molecular complexity index is 1870. The second-order valence-electron chi connectivity index (χ2n) is 9.15. The Morgan fingerprint density at radius 1 is 0.923 bits per heavy atom. The molecule has 2 heterocycles. The van der Waals surface area contributed by atoms with Gasteiger partial charge in [0.05, 0.1) is 24.2 Å². The summed E-state index contributed by atoms with van der Waals surface area (Å²) < 4.78 is 18.9. The Kier molecular flexibility index (Phi) is 6.39. The number of aryl methyl sites for hydroxylation is 1. The summed E-state index contributed by atoms with van der Waals surface area (Å²) in [6.45, 7) is 2.47. The molecule has 6 aromatic rings. The van der Waals surface area contributed by atoms with Crippen LogP contribution in [0.4, 0.5) is 0 Å². The number of benzene rings is 4. The molecule has 2 aromatic heterocycles. The molecule has 0 aliphatic carbocycles. The first-order valence-corrected chi connectivity index (χ1v) is 12.5. The van der Waals surface area contributed by atoms with Crippen LogP contribution in [0.15, 0.2) is 111 Å². The molecule has 7 nitrogen and oxygen atoms in total. The monoisotopic (exact) mass is 515 g/mol. The van der Waals surface area contributed by atoms with Gasteiger partial charge >= 0.3 is 0 Å². The molecule has 0 saturated heterocycles. The SMILES string of the molecule is COc1cc(C=Nn2c(-c3cc4ccccc4o3)nc3ccccc3c2=O)ccc1OCc1cccc(C)c1. The van der Waals surface area contributed by atoms with E-state index in [-0.39, 0.29) is 5.56 Å². The van der Waals surface area contributed by atoms with Crippen LogP contribution in [0.5, 0.6) is 11.5 Å². The van der Waals surface area contributed by atoms with Gasteiger partial charge in [-0.1, -0.05) is 60.2 Å². The smallest absolute Gasteiger partial charge is 0.282 e. The fraction of sp³-hybridized carbons (Fsp3) is 0.0938. The number of ether oxygens (including phenoxy) is 2. The van der Waals surface area contributed by atoms with Gasteiger partial charge in [-0.25, -0.2) is 4.98 Å². The third-order valence-electron chi connectivity index (χ3n) is 6.39. The summed E-state index contributed by atoms with van der Waals surface area (Å²) in [7, 11) is 1.59. The van der Waals surface area contributed by atoms with Crippen LogP contribution in [-0.4, -0.2) is 23.0 Å². The molecule has 39 heavy (non-hydrogen) atoms. The van der Waals surface area contributed by atoms with Crippen molar-refractivity contribution in [1.82, 2.24) is 9.66 Å². The highest BCUT2D eigenvalue weighted by atomic mass is 16.5. The minimum absolute atomic E-state index is 0.294. The number of furan rings is 1. The third-order valence-corrected chi connectivity index (χ3v) is 6.39. The van der Waals surface area contributed by atoms with Gasteiger partial charge in [0, 0.05) is 5.39 Å². The highest BCUT2D eigenvalue weighted by Gasteiger charge is 2.16. The maximum absolute atomic E-state index is 13.5. The van der Waals surface area contributed by atoms with E-state index in [0.29, 0.717) is 46.2 Å². The quantitative estimate of drug-likeness (QED) is 0.224. The van der Waals surface area contributed by atoms with Gasteiger partial charge in [-0.15, -0.1) is 0 Å². The van der Waals surface area contributed by atoms with Crippen LogP contribution in [0.3, 0.4) is 0 Å². The lowest BCUT2D eigenvalue weighted by Gasteiger charge is -2.12. The zero-order valence-electron chi connectivity index (χ0n) is 21.5. The molecule has 0 N–H and O–H groups in total. The summed E-state index contributed by atoms with van der Waals surface area (Å²) >= 11 is 0. The Morgan fingerprint density at radius 3 is 2.62 bits per heavy atom. The standard InChI is InChI=1S/C32H25N3O4/c1-21-8-7-9-23(16-21)20-38-28-15-14-22(17-29(28)37-2)19-33-35-31(30-18-24-10-3-6-13-27(24)39-30)34-26-12-5-4-11-25(26)32(35)36/h3-19H,20H2,1-2H3. The lowest BCUT2D eigenvalue weighted by Crippen LogP contribution is -2.20. The van der Waals surface area contributed by atoms with Gasteiger partial charge < -0.3 is 13.9 Å². The predicted octanol–water partition coefficient (Wildman–Crippen LogP) is 6.59. The predicted molar refractivity (Wildman–Crippen MR) is 153 cm³/mol. The summed E-state index contributed by atoms with van der Waals surface area (Å²) in [5.41, 5.74) is 3.96. The largest absolute Gasteiger partial charge is 0.493 e. The summed E-state index contributed by atoms with van der Waals surface area (Å²) in [6, 6.07) is 30.4. The summed E-state index contributed by atoms with van der Waals surface area (Å²) in [5, 5.41) is 5.92. The number of aromatic nitrogens is 2. The Morgan fingerprint density at radius 2 is 1.77 bits per heavy atom. The summed E-state index contributed by atoms with van der Waals surface area (Å²) in [5.74, 6) is 1.95. The molecule has 0 fully saturated rings. The third kappa shape index (κ3) is 4.90. The molecule has 192 valence electrons. The lowest BCUT2D eigenvalue weighted by atomic mass is 10.1. The van der Waals surface area contributed by atoms with Crippen LogP contribution < -0.4 is 15.0 Å². The van der Waals surface area contributed by atoms with Crippen LogP contribution in [0, 0.1) is 6.92 Å². The average Bonchev–Trinajstić information content (AvgIpc) is 3.40. The van der Waals surface area contributed by atoms with Gasteiger partial charge in [-0.2, -0.15) is 9.78 Å². The molecule has 0 bridgehead atoms. The molecule has 4 aromatic carbocycles. The molecule has 6 rings (SSSR count). The molecule has 0 atom stereocenters. The Hall–Kier alpha value is -5.17. The van der Waals surface area contributed by atoms with Crippen LogP contribution in [0.2, 0.25) is 0 Å². The zero-order valence-corrected chi connectivity index (χ0v) is 21.5. The number of rotatable bonds is 7. The molecule has 0 aliphatic rings. The van der Waals surface area contributed by atoms with Crippen molar-refractivity contribution in [1.29, 1.82) is 0 Å². The van der Waals surface area contributed by atoms with Crippen molar-refractivity contribution in [3.8, 4) is 23.1 Å². The highest BCUT2D eigenvalue weighted by molar-refractivity contribution is 5.85. The van der Waals surface area contributed by atoms with Gasteiger partial charge in [-0.05, 0) is 60.5 Å². The van der Waals surface area contributed by atoms with Crippen LogP contribution in [0.25, 0.3) is 33.5 Å². The van der Waals surface area contributed by atoms with Crippen molar-refractivity contribution in [3.05, 3.63) is 124 Å². The Balaban J connectivity index is 1.36. The van der Waals surface area contributed by atoms with Crippen LogP contribution in [0.1, 0.15) is 16.7 Å². The fourth-order valence-electron chi connectivity index (χ4n) is 4.45. The summed E-state index contributed by atoms with van der Waals surface area (Å²) in [4.78, 5) is 18.2. The van der Waals surface area contributed by atoms with Crippen LogP contribution in [-0.2, 0) is 6.61 Å². The van der Waals surface area contributed by atoms with E-state index < -0.39 is 0 Å². The molecule has 0 aliphatic heterocycles. The van der Waals surface area contributed by atoms with E-state index in [1.165, 1.54) is 10.2 Å². The Labute approximate surface area is 224 Å². The van der Waals surface area contributed by atoms with Crippen LogP contribution >= 0.6 is 0 Å². The van der Waals surface area contributed by atoms with Gasteiger partial charge in [0.2, 0.25) is 5.82 Å². The van der Waals surface area contributed by atoms with E-state index in [1.54, 1.807) is 31.5 Å². The molecule has 0 saturated carbocycles. The minimum atomic E-state index is -0.294. The molecular weight excluding hydrogens is 490 g/mol. The van der Waals surface area contributed by atoms with Gasteiger partial charge in [0.25, 0.3) is 5.56 Å². The lowest BCUT2D eigenvalue weighted by molar-refractivity contribution is 0.284. The van der Waals surface area contributed by atoms with E-state index in [9.17, 15) is 4.79 Å². The maximum atomic E-state index is 13.5. The van der Waals surface area contributed by atoms with Crippen molar-refractivity contribution >= 4 is 28.1 Å². The van der Waals surface area contributed by atoms with E-state index in [2.05, 4.69) is 11.2 Å². The second kappa shape index (κ2) is 10.3. The van der Waals surface area contributed by atoms with Crippen molar-refractivity contribution < 1.29 is 13.9 Å². The molecule has 0 amide bonds. The number of hydrogen-bond acceptors (Lipinski definition) is 6. The maximum Gasteiger partial charge on any atom is 0.282 e. The topological polar surface area (TPSA) is 78.9 Å². The van der Waals surface area contributed by atoms with E-state index in [4.69, 9.17) is 18.9 Å². The number of nitrogens with zero attached hydrogens (tertiary/aromatic N) is 3. The van der Waals surface area contributed by atoms with Crippen molar-refractivity contribution in [2.24, 2.45) is 5.10 Å². The highest BCUT2D eigenvalue weighted by Crippen LogP contribution is 2.29.